The average molecular weight is 343 g/mol. The van der Waals surface area contributed by atoms with Crippen LogP contribution in [0, 0.1) is 5.82 Å². The minimum atomic E-state index is -0.268. The van der Waals surface area contributed by atoms with Crippen LogP contribution in [0.25, 0.3) is 0 Å². The Morgan fingerprint density at radius 1 is 1.16 bits per heavy atom. The third-order valence-corrected chi connectivity index (χ3v) is 4.24. The summed E-state index contributed by atoms with van der Waals surface area (Å²) in [5, 5.41) is 2.86. The molecule has 0 saturated carbocycles. The van der Waals surface area contributed by atoms with Crippen molar-refractivity contribution in [2.75, 3.05) is 6.61 Å². The van der Waals surface area contributed by atoms with Gasteiger partial charge < -0.3 is 10.1 Å². The van der Waals surface area contributed by atoms with E-state index in [1.165, 1.54) is 12.1 Å². The van der Waals surface area contributed by atoms with Crippen LogP contribution in [0.1, 0.15) is 48.7 Å². The Morgan fingerprint density at radius 2 is 1.92 bits per heavy atom. The molecule has 5 nitrogen and oxygen atoms in total. The highest BCUT2D eigenvalue weighted by Crippen LogP contribution is 2.24. The number of aryl methyl sites for hydroxylation is 1. The topological polar surface area (TPSA) is 64.1 Å². The van der Waals surface area contributed by atoms with E-state index in [9.17, 15) is 9.18 Å². The lowest BCUT2D eigenvalue weighted by molar-refractivity contribution is -0.121. The van der Waals surface area contributed by atoms with Crippen LogP contribution in [0.3, 0.4) is 0 Å². The summed E-state index contributed by atoms with van der Waals surface area (Å²) in [5.41, 5.74) is 1.80. The normalized spacial score (nSPS) is 17.2. The third-order valence-electron chi connectivity index (χ3n) is 4.24. The van der Waals surface area contributed by atoms with Gasteiger partial charge in [-0.15, -0.1) is 0 Å². The first-order valence-electron chi connectivity index (χ1n) is 8.64. The maximum atomic E-state index is 12.8. The fourth-order valence-electron chi connectivity index (χ4n) is 2.76. The van der Waals surface area contributed by atoms with Crippen molar-refractivity contribution in [1.82, 2.24) is 15.3 Å². The molecule has 3 rings (SSSR count). The molecule has 1 aromatic carbocycles. The summed E-state index contributed by atoms with van der Waals surface area (Å²) in [6.45, 7) is 1.16. The molecular formula is C19H22FN3O2. The lowest BCUT2D eigenvalue weighted by Gasteiger charge is -2.21. The zero-order valence-corrected chi connectivity index (χ0v) is 14.1. The van der Waals surface area contributed by atoms with Crippen molar-refractivity contribution >= 4 is 5.91 Å². The van der Waals surface area contributed by atoms with Crippen LogP contribution in [0.15, 0.2) is 36.7 Å². The lowest BCUT2D eigenvalue weighted by Crippen LogP contribution is -2.23. The molecule has 1 fully saturated rings. The Bertz CT molecular complexity index is 683. The number of rotatable bonds is 6. The van der Waals surface area contributed by atoms with Gasteiger partial charge in [0.2, 0.25) is 5.91 Å². The van der Waals surface area contributed by atoms with Crippen LogP contribution in [-0.4, -0.2) is 22.5 Å². The van der Waals surface area contributed by atoms with E-state index in [4.69, 9.17) is 4.74 Å². The molecule has 0 bridgehead atoms. The maximum absolute atomic E-state index is 12.8. The zero-order chi connectivity index (χ0) is 17.5. The van der Waals surface area contributed by atoms with Gasteiger partial charge in [0.05, 0.1) is 0 Å². The van der Waals surface area contributed by atoms with E-state index in [1.54, 1.807) is 24.5 Å². The van der Waals surface area contributed by atoms with Crippen LogP contribution in [-0.2, 0) is 22.5 Å². The summed E-state index contributed by atoms with van der Waals surface area (Å²) in [6, 6.07) is 6.20. The largest absolute Gasteiger partial charge is 0.370 e. The van der Waals surface area contributed by atoms with Gasteiger partial charge in [-0.1, -0.05) is 12.1 Å². The fourth-order valence-corrected chi connectivity index (χ4v) is 2.76. The molecule has 6 heteroatoms. The molecule has 2 heterocycles. The van der Waals surface area contributed by atoms with E-state index in [2.05, 4.69) is 15.3 Å². The summed E-state index contributed by atoms with van der Waals surface area (Å²) >= 11 is 0. The van der Waals surface area contributed by atoms with Crippen LogP contribution in [0.2, 0.25) is 0 Å². The second-order valence-electron chi connectivity index (χ2n) is 6.21. The molecule has 1 atom stereocenters. The summed E-state index contributed by atoms with van der Waals surface area (Å²) in [4.78, 5) is 20.6. The molecule has 1 aromatic heterocycles. The number of carbonyl (C=O) groups excluding carboxylic acids is 1. The van der Waals surface area contributed by atoms with Gasteiger partial charge in [0.15, 0.2) is 5.82 Å². The van der Waals surface area contributed by atoms with Crippen LogP contribution < -0.4 is 5.32 Å². The monoisotopic (exact) mass is 343 g/mol. The smallest absolute Gasteiger partial charge is 0.220 e. The number of benzene rings is 1. The van der Waals surface area contributed by atoms with Crippen LogP contribution >= 0.6 is 0 Å². The first-order valence-corrected chi connectivity index (χ1v) is 8.64. The van der Waals surface area contributed by atoms with E-state index in [0.29, 0.717) is 25.2 Å². The number of amides is 1. The number of hydrogen-bond acceptors (Lipinski definition) is 4. The van der Waals surface area contributed by atoms with Gasteiger partial charge in [0, 0.05) is 37.5 Å². The van der Waals surface area contributed by atoms with Crippen molar-refractivity contribution < 1.29 is 13.9 Å². The van der Waals surface area contributed by atoms with E-state index >= 15 is 0 Å². The van der Waals surface area contributed by atoms with E-state index < -0.39 is 0 Å². The number of nitrogens with zero attached hydrogens (tertiary/aromatic N) is 2. The highest BCUT2D eigenvalue weighted by molar-refractivity contribution is 5.76. The Balaban J connectivity index is 1.43. The predicted octanol–water partition coefficient (Wildman–Crippen LogP) is 3.11. The number of halogens is 1. The van der Waals surface area contributed by atoms with Gasteiger partial charge in [-0.05, 0) is 43.4 Å². The second kappa shape index (κ2) is 8.67. The Labute approximate surface area is 146 Å². The molecule has 1 N–H and O–H groups in total. The molecule has 0 radical (unpaired) electrons. The minimum Gasteiger partial charge on any atom is -0.370 e. The first-order chi connectivity index (χ1) is 12.2. The van der Waals surface area contributed by atoms with E-state index in [1.807, 2.05) is 0 Å². The van der Waals surface area contributed by atoms with Crippen molar-refractivity contribution in [3.05, 3.63) is 59.4 Å². The molecule has 0 aliphatic carbocycles. The summed E-state index contributed by atoms with van der Waals surface area (Å²) in [7, 11) is 0. The van der Waals surface area contributed by atoms with Gasteiger partial charge >= 0.3 is 0 Å². The summed E-state index contributed by atoms with van der Waals surface area (Å²) in [5.74, 6) is 0.394. The summed E-state index contributed by atoms with van der Waals surface area (Å²) < 4.78 is 18.5. The molecule has 2 aromatic rings. The second-order valence-corrected chi connectivity index (χ2v) is 6.21. The minimum absolute atomic E-state index is 0.00639. The van der Waals surface area contributed by atoms with Crippen molar-refractivity contribution in [3.8, 4) is 0 Å². The predicted molar refractivity (Wildman–Crippen MR) is 91.1 cm³/mol. The van der Waals surface area contributed by atoms with Crippen molar-refractivity contribution in [2.24, 2.45) is 0 Å². The molecule has 1 saturated heterocycles. The standard InChI is InChI=1S/C19H22FN3O2/c20-16-7-4-14(5-8-16)6-9-18(24)21-11-15-12-22-19(23-13-15)17-3-1-2-10-25-17/h4-5,7-8,12-13,17H,1-3,6,9-11H2,(H,21,24)/t17-/m1/s1. The van der Waals surface area contributed by atoms with Crippen molar-refractivity contribution in [2.45, 2.75) is 44.8 Å². The number of aromatic nitrogens is 2. The summed E-state index contributed by atoms with van der Waals surface area (Å²) in [6.07, 6.45) is 7.60. The van der Waals surface area contributed by atoms with Crippen molar-refractivity contribution in [1.29, 1.82) is 0 Å². The molecule has 1 aliphatic rings. The Kier molecular flexibility index (Phi) is 6.06. The van der Waals surface area contributed by atoms with Crippen LogP contribution in [0.5, 0.6) is 0 Å². The zero-order valence-electron chi connectivity index (χ0n) is 14.1. The van der Waals surface area contributed by atoms with Crippen LogP contribution in [0.4, 0.5) is 4.39 Å². The van der Waals surface area contributed by atoms with E-state index in [0.717, 1.165) is 37.0 Å². The van der Waals surface area contributed by atoms with Gasteiger partial charge in [-0.2, -0.15) is 0 Å². The van der Waals surface area contributed by atoms with Gasteiger partial charge in [-0.3, -0.25) is 4.79 Å². The Morgan fingerprint density at radius 3 is 2.60 bits per heavy atom. The van der Waals surface area contributed by atoms with Crippen molar-refractivity contribution in [3.63, 3.8) is 0 Å². The molecule has 1 aliphatic heterocycles. The molecular weight excluding hydrogens is 321 g/mol. The molecule has 0 unspecified atom stereocenters. The third kappa shape index (κ3) is 5.32. The number of carbonyl (C=O) groups is 1. The quantitative estimate of drug-likeness (QED) is 0.875. The average Bonchev–Trinajstić information content (AvgIpc) is 2.67. The SMILES string of the molecule is O=C(CCc1ccc(F)cc1)NCc1cnc([C@H]2CCCCO2)nc1. The fraction of sp³-hybridized carbons (Fsp3) is 0.421. The Hall–Kier alpha value is -2.34. The molecule has 0 spiro atoms. The maximum Gasteiger partial charge on any atom is 0.220 e. The molecule has 132 valence electrons. The first kappa shape index (κ1) is 17.5. The molecule has 1 amide bonds. The van der Waals surface area contributed by atoms with Gasteiger partial charge in [0.25, 0.3) is 0 Å². The number of ether oxygens (including phenoxy) is 1. The van der Waals surface area contributed by atoms with E-state index in [-0.39, 0.29) is 17.8 Å². The number of nitrogens with one attached hydrogen (secondary N) is 1. The number of hydrogen-bond donors (Lipinski definition) is 1. The lowest BCUT2D eigenvalue weighted by atomic mass is 10.1. The van der Waals surface area contributed by atoms with Gasteiger partial charge in [0.1, 0.15) is 11.9 Å². The highest BCUT2D eigenvalue weighted by Gasteiger charge is 2.18. The molecule has 25 heavy (non-hydrogen) atoms. The highest BCUT2D eigenvalue weighted by atomic mass is 19.1. The van der Waals surface area contributed by atoms with Gasteiger partial charge in [-0.25, -0.2) is 14.4 Å².